The Morgan fingerprint density at radius 3 is 2.62 bits per heavy atom. The number of benzene rings is 2. The summed E-state index contributed by atoms with van der Waals surface area (Å²) in [6.07, 6.45) is -1.78. The molecule has 12 heteroatoms. The van der Waals surface area contributed by atoms with E-state index >= 15 is 0 Å². The second-order valence-corrected chi connectivity index (χ2v) is 12.8. The van der Waals surface area contributed by atoms with E-state index in [-0.39, 0.29) is 29.9 Å². The van der Waals surface area contributed by atoms with Crippen LogP contribution in [0.3, 0.4) is 0 Å². The van der Waals surface area contributed by atoms with E-state index in [2.05, 4.69) is 35.5 Å². The van der Waals surface area contributed by atoms with Crippen molar-refractivity contribution >= 4 is 22.8 Å². The fraction of sp³-hybridized carbons (Fsp3) is 0.500. The second-order valence-electron chi connectivity index (χ2n) is 12.8. The van der Waals surface area contributed by atoms with Crippen molar-refractivity contribution in [1.29, 1.82) is 0 Å². The van der Waals surface area contributed by atoms with Gasteiger partial charge in [-0.15, -0.1) is 0 Å². The van der Waals surface area contributed by atoms with Gasteiger partial charge in [0.25, 0.3) is 0 Å². The topological polar surface area (TPSA) is 160 Å². The lowest BCUT2D eigenvalue weighted by molar-refractivity contribution is -0.279. The Morgan fingerprint density at radius 1 is 1.15 bits per heavy atom. The molecule has 3 aliphatic heterocycles. The van der Waals surface area contributed by atoms with Crippen LogP contribution in [0.2, 0.25) is 0 Å². The van der Waals surface area contributed by atoms with Crippen molar-refractivity contribution in [2.45, 2.75) is 94.5 Å². The minimum atomic E-state index is -1.81. The quantitative estimate of drug-likeness (QED) is 0.176. The molecule has 3 fully saturated rings. The maximum Gasteiger partial charge on any atom is 0.340 e. The van der Waals surface area contributed by atoms with Crippen molar-refractivity contribution in [2.75, 3.05) is 20.3 Å². The number of carbonyl (C=O) groups is 2. The number of nitrogens with one attached hydrogen (secondary N) is 1. The number of piperidine rings is 1. The smallest absolute Gasteiger partial charge is 0.340 e. The van der Waals surface area contributed by atoms with Gasteiger partial charge in [-0.1, -0.05) is 24.8 Å². The van der Waals surface area contributed by atoms with Crippen LogP contribution in [0.25, 0.3) is 10.9 Å². The standard InChI is InChI=1S/C36H44N2O10/c1-5-15-46-34(43)32-30(40)29(39)31(41)35(47-32)48-33(42)21-7-9-22(10-8-21)36-13-11-23(17-24(18-36)45-6-2)38(36)19-26-25-12-14-37-28(25)20(3)16-27(26)44-4/h5,7-10,12,14,16,23-24,29-32,35,37,39-41H,1,6,11,13,15,17-19H2,2-4H3/t23-,24+,29+,30+,31-,32+,35?,36+/m1/s1. The van der Waals surface area contributed by atoms with Crippen molar-refractivity contribution in [3.05, 3.63) is 77.5 Å². The van der Waals surface area contributed by atoms with Gasteiger partial charge in [-0.05, 0) is 74.9 Å². The molecule has 0 aliphatic carbocycles. The van der Waals surface area contributed by atoms with Crippen molar-refractivity contribution in [3.63, 3.8) is 0 Å². The minimum absolute atomic E-state index is 0.0911. The Morgan fingerprint density at radius 2 is 1.92 bits per heavy atom. The summed E-state index contributed by atoms with van der Waals surface area (Å²) in [5.41, 5.74) is 4.20. The van der Waals surface area contributed by atoms with Crippen LogP contribution in [0.1, 0.15) is 59.7 Å². The molecule has 3 aromatic rings. The van der Waals surface area contributed by atoms with Gasteiger partial charge < -0.3 is 44.0 Å². The molecule has 3 saturated heterocycles. The number of ether oxygens (including phenoxy) is 5. The summed E-state index contributed by atoms with van der Waals surface area (Å²) in [5, 5.41) is 32.2. The van der Waals surface area contributed by atoms with Crippen LogP contribution in [0, 0.1) is 6.92 Å². The summed E-state index contributed by atoms with van der Waals surface area (Å²) in [5.74, 6) is -0.975. The van der Waals surface area contributed by atoms with Gasteiger partial charge in [-0.3, -0.25) is 4.90 Å². The molecule has 1 unspecified atom stereocenters. The molecule has 2 bridgehead atoms. The lowest BCUT2D eigenvalue weighted by atomic mass is 9.79. The summed E-state index contributed by atoms with van der Waals surface area (Å²) in [6.45, 7) is 8.69. The van der Waals surface area contributed by atoms with E-state index in [0.717, 1.165) is 59.0 Å². The van der Waals surface area contributed by atoms with Gasteiger partial charge in [0, 0.05) is 47.4 Å². The summed E-state index contributed by atoms with van der Waals surface area (Å²) in [6, 6.07) is 11.6. The predicted octanol–water partition coefficient (Wildman–Crippen LogP) is 3.24. The Hall–Kier alpha value is -3.78. The number of carbonyl (C=O) groups excluding carboxylic acids is 2. The van der Waals surface area contributed by atoms with E-state index in [0.29, 0.717) is 13.2 Å². The van der Waals surface area contributed by atoms with Gasteiger partial charge in [0.05, 0.1) is 18.8 Å². The number of rotatable bonds is 11. The number of fused-ring (bicyclic) bond motifs is 3. The summed E-state index contributed by atoms with van der Waals surface area (Å²) in [7, 11) is 1.70. The normalized spacial score (nSPS) is 30.2. The molecule has 0 spiro atoms. The molecule has 2 aromatic carbocycles. The Balaban J connectivity index is 1.25. The SMILES string of the molecule is C=CCOC(=O)[C@H]1OC(OC(=O)c2ccc([C@]34CC[C@H](C[C@H](OCC)C3)N4Cc3c(OC)cc(C)c4[nH]ccc34)cc2)[C@H](O)[C@@H](O)[C@@H]1O. The van der Waals surface area contributed by atoms with E-state index in [1.165, 1.54) is 6.08 Å². The molecular formula is C36H44N2O10. The van der Waals surface area contributed by atoms with Crippen LogP contribution < -0.4 is 4.74 Å². The van der Waals surface area contributed by atoms with Gasteiger partial charge in [0.1, 0.15) is 30.7 Å². The highest BCUT2D eigenvalue weighted by Crippen LogP contribution is 2.53. The number of esters is 2. The Bertz CT molecular complexity index is 1640. The highest BCUT2D eigenvalue weighted by atomic mass is 16.7. The fourth-order valence-corrected chi connectivity index (χ4v) is 7.76. The van der Waals surface area contributed by atoms with Crippen LogP contribution in [0.15, 0.2) is 55.3 Å². The molecule has 1 aromatic heterocycles. The molecule has 8 atom stereocenters. The van der Waals surface area contributed by atoms with E-state index in [1.54, 1.807) is 19.2 Å². The van der Waals surface area contributed by atoms with Crippen molar-refractivity contribution in [3.8, 4) is 5.75 Å². The predicted molar refractivity (Wildman–Crippen MR) is 174 cm³/mol. The molecule has 0 amide bonds. The summed E-state index contributed by atoms with van der Waals surface area (Å²) >= 11 is 0. The number of nitrogens with zero attached hydrogens (tertiary/aromatic N) is 1. The van der Waals surface area contributed by atoms with E-state index < -0.39 is 42.6 Å². The third-order valence-corrected chi connectivity index (χ3v) is 10.1. The molecule has 258 valence electrons. The number of aliphatic hydroxyl groups excluding tert-OH is 3. The zero-order valence-corrected chi connectivity index (χ0v) is 27.5. The number of methoxy groups -OCH3 is 1. The van der Waals surface area contributed by atoms with Crippen LogP contribution in [-0.2, 0) is 35.8 Å². The van der Waals surface area contributed by atoms with Gasteiger partial charge in [0.2, 0.25) is 6.29 Å². The number of aryl methyl sites for hydroxylation is 1. The van der Waals surface area contributed by atoms with Crippen LogP contribution >= 0.6 is 0 Å². The van der Waals surface area contributed by atoms with Gasteiger partial charge in [-0.25, -0.2) is 9.59 Å². The second kappa shape index (κ2) is 14.0. The van der Waals surface area contributed by atoms with Gasteiger partial charge >= 0.3 is 11.9 Å². The molecular weight excluding hydrogens is 620 g/mol. The fourth-order valence-electron chi connectivity index (χ4n) is 7.76. The average molecular weight is 665 g/mol. The first kappa shape index (κ1) is 34.1. The largest absolute Gasteiger partial charge is 0.496 e. The molecule has 12 nitrogen and oxygen atoms in total. The molecule has 0 saturated carbocycles. The molecule has 6 rings (SSSR count). The van der Waals surface area contributed by atoms with Crippen molar-refractivity contribution in [1.82, 2.24) is 9.88 Å². The van der Waals surface area contributed by atoms with Gasteiger partial charge in [-0.2, -0.15) is 0 Å². The van der Waals surface area contributed by atoms with Crippen molar-refractivity contribution < 1.29 is 48.6 Å². The number of aromatic amines is 1. The lowest BCUT2D eigenvalue weighted by Crippen LogP contribution is -2.60. The lowest BCUT2D eigenvalue weighted by Gasteiger charge is -2.48. The Labute approximate surface area is 279 Å². The number of aliphatic hydroxyl groups is 3. The van der Waals surface area contributed by atoms with Crippen LogP contribution in [-0.4, -0.2) is 100 Å². The zero-order chi connectivity index (χ0) is 34.2. The first-order chi connectivity index (χ1) is 23.1. The third-order valence-electron chi connectivity index (χ3n) is 10.1. The monoisotopic (exact) mass is 664 g/mol. The molecule has 48 heavy (non-hydrogen) atoms. The number of hydrogen-bond acceptors (Lipinski definition) is 11. The van der Waals surface area contributed by atoms with Crippen LogP contribution in [0.5, 0.6) is 5.75 Å². The molecule has 4 N–H and O–H groups in total. The number of aromatic nitrogens is 1. The summed E-state index contributed by atoms with van der Waals surface area (Å²) < 4.78 is 27.8. The number of H-pyrrole nitrogens is 1. The summed E-state index contributed by atoms with van der Waals surface area (Å²) in [4.78, 5) is 31.6. The van der Waals surface area contributed by atoms with Gasteiger partial charge in [0.15, 0.2) is 6.10 Å². The van der Waals surface area contributed by atoms with E-state index in [4.69, 9.17) is 23.7 Å². The highest BCUT2D eigenvalue weighted by molar-refractivity contribution is 5.90. The zero-order valence-electron chi connectivity index (χ0n) is 27.5. The maximum absolute atomic E-state index is 13.2. The minimum Gasteiger partial charge on any atom is -0.496 e. The molecule has 3 aliphatic rings. The molecule has 0 radical (unpaired) electrons. The average Bonchev–Trinajstić information content (AvgIpc) is 3.66. The molecule has 4 heterocycles. The maximum atomic E-state index is 13.2. The Kier molecular flexibility index (Phi) is 9.93. The van der Waals surface area contributed by atoms with E-state index in [1.807, 2.05) is 25.3 Å². The van der Waals surface area contributed by atoms with Crippen molar-refractivity contribution in [2.24, 2.45) is 0 Å². The van der Waals surface area contributed by atoms with Crippen LogP contribution in [0.4, 0.5) is 0 Å². The first-order valence-electron chi connectivity index (χ1n) is 16.4. The van der Waals surface area contributed by atoms with E-state index in [9.17, 15) is 24.9 Å². The number of hydrogen-bond donors (Lipinski definition) is 4. The first-order valence-corrected chi connectivity index (χ1v) is 16.4. The highest BCUT2D eigenvalue weighted by Gasteiger charge is 2.53. The third kappa shape index (κ3) is 6.13.